The standard InChI is InChI=1S/C10H11NO3/c12-7-11-9(10(13)14)6-8-4-2-1-3-5-8/h1-5,7,9H,6H2,(H,11,12)(H,13,14)/p-1. The molecule has 0 aromatic heterocycles. The van der Waals surface area contributed by atoms with Crippen molar-refractivity contribution in [1.29, 1.82) is 0 Å². The van der Waals surface area contributed by atoms with Crippen molar-refractivity contribution in [1.82, 2.24) is 5.32 Å². The van der Waals surface area contributed by atoms with Crippen molar-refractivity contribution in [3.05, 3.63) is 35.9 Å². The summed E-state index contributed by atoms with van der Waals surface area (Å²) in [7, 11) is 0. The molecule has 0 heterocycles. The van der Waals surface area contributed by atoms with Gasteiger partial charge < -0.3 is 15.2 Å². The predicted octanol–water partition coefficient (Wildman–Crippen LogP) is -0.906. The molecule has 0 aliphatic rings. The highest BCUT2D eigenvalue weighted by Crippen LogP contribution is 2.02. The highest BCUT2D eigenvalue weighted by Gasteiger charge is 2.08. The van der Waals surface area contributed by atoms with Crippen LogP contribution >= 0.6 is 0 Å². The summed E-state index contributed by atoms with van der Waals surface area (Å²) in [4.78, 5) is 20.7. The second-order valence-electron chi connectivity index (χ2n) is 2.85. The molecule has 0 bridgehead atoms. The SMILES string of the molecule is O=CNC(Cc1ccccc1)C(=O)[O-]. The Balaban J connectivity index is 2.64. The minimum absolute atomic E-state index is 0.238. The molecule has 1 unspecified atom stereocenters. The lowest BCUT2D eigenvalue weighted by molar-refractivity contribution is -0.308. The quantitative estimate of drug-likeness (QED) is 0.614. The van der Waals surface area contributed by atoms with Gasteiger partial charge in [-0.15, -0.1) is 0 Å². The molecule has 0 fully saturated rings. The molecule has 0 spiro atoms. The van der Waals surface area contributed by atoms with Gasteiger partial charge >= 0.3 is 0 Å². The van der Waals surface area contributed by atoms with Crippen LogP contribution in [0.3, 0.4) is 0 Å². The molecule has 0 saturated carbocycles. The normalized spacial score (nSPS) is 11.7. The van der Waals surface area contributed by atoms with Crippen molar-refractivity contribution in [3.63, 3.8) is 0 Å². The second kappa shape index (κ2) is 5.01. The van der Waals surface area contributed by atoms with Gasteiger partial charge in [0, 0.05) is 0 Å². The first-order chi connectivity index (χ1) is 6.74. The molecular weight excluding hydrogens is 182 g/mol. The monoisotopic (exact) mass is 192 g/mol. The number of benzene rings is 1. The molecule has 0 radical (unpaired) electrons. The number of amides is 1. The van der Waals surface area contributed by atoms with E-state index in [0.717, 1.165) is 5.56 Å². The maximum atomic E-state index is 10.6. The van der Waals surface area contributed by atoms with E-state index in [1.807, 2.05) is 18.2 Å². The number of hydrogen-bond donors (Lipinski definition) is 1. The van der Waals surface area contributed by atoms with Gasteiger partial charge in [0.05, 0.1) is 12.0 Å². The molecule has 0 saturated heterocycles. The Kier molecular flexibility index (Phi) is 3.67. The molecule has 14 heavy (non-hydrogen) atoms. The lowest BCUT2D eigenvalue weighted by Crippen LogP contribution is -2.46. The van der Waals surface area contributed by atoms with E-state index in [4.69, 9.17) is 0 Å². The van der Waals surface area contributed by atoms with Crippen LogP contribution < -0.4 is 10.4 Å². The van der Waals surface area contributed by atoms with Crippen LogP contribution in [0, 0.1) is 0 Å². The van der Waals surface area contributed by atoms with E-state index in [-0.39, 0.29) is 6.42 Å². The van der Waals surface area contributed by atoms with Gasteiger partial charge in [-0.3, -0.25) is 4.79 Å². The van der Waals surface area contributed by atoms with Crippen LogP contribution in [-0.4, -0.2) is 18.4 Å². The zero-order valence-corrected chi connectivity index (χ0v) is 7.47. The third kappa shape index (κ3) is 2.90. The molecular formula is C10H10NO3-. The zero-order valence-electron chi connectivity index (χ0n) is 7.47. The fourth-order valence-electron chi connectivity index (χ4n) is 1.14. The average molecular weight is 192 g/mol. The van der Waals surface area contributed by atoms with E-state index in [9.17, 15) is 14.7 Å². The molecule has 74 valence electrons. The number of hydrogen-bond acceptors (Lipinski definition) is 3. The first-order valence-corrected chi connectivity index (χ1v) is 4.18. The van der Waals surface area contributed by atoms with E-state index in [1.165, 1.54) is 0 Å². The summed E-state index contributed by atoms with van der Waals surface area (Å²) in [5.74, 6) is -1.28. The van der Waals surface area contributed by atoms with Gasteiger partial charge in [0.2, 0.25) is 6.41 Å². The summed E-state index contributed by atoms with van der Waals surface area (Å²) in [6, 6.07) is 8.08. The molecule has 0 aliphatic carbocycles. The van der Waals surface area contributed by atoms with Crippen molar-refractivity contribution in [2.45, 2.75) is 12.5 Å². The highest BCUT2D eigenvalue weighted by atomic mass is 16.4. The van der Waals surface area contributed by atoms with E-state index < -0.39 is 12.0 Å². The molecule has 1 N–H and O–H groups in total. The van der Waals surface area contributed by atoms with Crippen molar-refractivity contribution in [3.8, 4) is 0 Å². The predicted molar refractivity (Wildman–Crippen MR) is 48.1 cm³/mol. The first-order valence-electron chi connectivity index (χ1n) is 4.18. The largest absolute Gasteiger partial charge is 0.548 e. The average Bonchev–Trinajstić information content (AvgIpc) is 2.18. The first kappa shape index (κ1) is 10.2. The number of rotatable bonds is 5. The summed E-state index contributed by atoms with van der Waals surface area (Å²) in [5.41, 5.74) is 0.844. The van der Waals surface area contributed by atoms with Crippen LogP contribution in [0.25, 0.3) is 0 Å². The molecule has 1 atom stereocenters. The second-order valence-corrected chi connectivity index (χ2v) is 2.85. The van der Waals surface area contributed by atoms with Gasteiger partial charge in [-0.05, 0) is 12.0 Å². The Morgan fingerprint density at radius 1 is 1.43 bits per heavy atom. The Bertz CT molecular complexity index is 310. The van der Waals surface area contributed by atoms with Crippen LogP contribution in [-0.2, 0) is 16.0 Å². The van der Waals surface area contributed by atoms with Crippen LogP contribution in [0.5, 0.6) is 0 Å². The smallest absolute Gasteiger partial charge is 0.207 e. The Morgan fingerprint density at radius 2 is 2.07 bits per heavy atom. The van der Waals surface area contributed by atoms with Crippen LogP contribution in [0.2, 0.25) is 0 Å². The summed E-state index contributed by atoms with van der Waals surface area (Å²) in [6.07, 6.45) is 0.603. The molecule has 4 heteroatoms. The fourth-order valence-corrected chi connectivity index (χ4v) is 1.14. The van der Waals surface area contributed by atoms with Gasteiger partial charge in [-0.1, -0.05) is 30.3 Å². The van der Waals surface area contributed by atoms with E-state index >= 15 is 0 Å². The molecule has 1 aromatic rings. The van der Waals surface area contributed by atoms with E-state index in [0.29, 0.717) is 6.41 Å². The fraction of sp³-hybridized carbons (Fsp3) is 0.200. The lowest BCUT2D eigenvalue weighted by atomic mass is 10.1. The summed E-state index contributed by atoms with van der Waals surface area (Å²) in [6.45, 7) is 0. The molecule has 4 nitrogen and oxygen atoms in total. The molecule has 0 aliphatic heterocycles. The number of carbonyl (C=O) groups is 2. The molecule has 1 amide bonds. The summed E-state index contributed by atoms with van der Waals surface area (Å²) in [5, 5.41) is 12.7. The van der Waals surface area contributed by atoms with Gasteiger partial charge in [0.15, 0.2) is 0 Å². The van der Waals surface area contributed by atoms with Crippen molar-refractivity contribution in [2.24, 2.45) is 0 Å². The molecule has 1 aromatic carbocycles. The van der Waals surface area contributed by atoms with Crippen LogP contribution in [0.1, 0.15) is 5.56 Å². The minimum Gasteiger partial charge on any atom is -0.548 e. The lowest BCUT2D eigenvalue weighted by Gasteiger charge is -2.16. The maximum Gasteiger partial charge on any atom is 0.207 e. The highest BCUT2D eigenvalue weighted by molar-refractivity contribution is 5.74. The van der Waals surface area contributed by atoms with Crippen molar-refractivity contribution < 1.29 is 14.7 Å². The van der Waals surface area contributed by atoms with Gasteiger partial charge in [-0.2, -0.15) is 0 Å². The van der Waals surface area contributed by atoms with E-state index in [1.54, 1.807) is 12.1 Å². The van der Waals surface area contributed by atoms with Gasteiger partial charge in [0.25, 0.3) is 0 Å². The van der Waals surface area contributed by atoms with Crippen LogP contribution in [0.15, 0.2) is 30.3 Å². The summed E-state index contributed by atoms with van der Waals surface area (Å²) < 4.78 is 0. The third-order valence-corrected chi connectivity index (χ3v) is 1.84. The van der Waals surface area contributed by atoms with E-state index in [2.05, 4.69) is 5.32 Å². The summed E-state index contributed by atoms with van der Waals surface area (Å²) >= 11 is 0. The zero-order chi connectivity index (χ0) is 10.4. The van der Waals surface area contributed by atoms with Crippen molar-refractivity contribution >= 4 is 12.4 Å². The number of carboxylic acid groups (broad SMARTS) is 1. The Morgan fingerprint density at radius 3 is 2.57 bits per heavy atom. The topological polar surface area (TPSA) is 69.2 Å². The Labute approximate surface area is 81.6 Å². The minimum atomic E-state index is -1.28. The number of carboxylic acids is 1. The maximum absolute atomic E-state index is 10.6. The van der Waals surface area contributed by atoms with Crippen molar-refractivity contribution in [2.75, 3.05) is 0 Å². The van der Waals surface area contributed by atoms with Gasteiger partial charge in [-0.25, -0.2) is 0 Å². The number of aliphatic carboxylic acids is 1. The van der Waals surface area contributed by atoms with Gasteiger partial charge in [0.1, 0.15) is 0 Å². The third-order valence-electron chi connectivity index (χ3n) is 1.84. The van der Waals surface area contributed by atoms with Crippen LogP contribution in [0.4, 0.5) is 0 Å². The number of nitrogens with one attached hydrogen (secondary N) is 1. The molecule has 1 rings (SSSR count). The number of carbonyl (C=O) groups excluding carboxylic acids is 2. The Hall–Kier alpha value is -1.84.